The van der Waals surface area contributed by atoms with E-state index in [1.807, 2.05) is 0 Å². The van der Waals surface area contributed by atoms with Gasteiger partial charge in [-0.25, -0.2) is 4.39 Å². The summed E-state index contributed by atoms with van der Waals surface area (Å²) in [5.41, 5.74) is 0.458. The highest BCUT2D eigenvalue weighted by Gasteiger charge is 2.28. The third-order valence-corrected chi connectivity index (χ3v) is 2.50. The number of carbonyl (C=O) groups excluding carboxylic acids is 1. The van der Waals surface area contributed by atoms with Crippen LogP contribution < -0.4 is 4.74 Å². The van der Waals surface area contributed by atoms with E-state index in [9.17, 15) is 9.18 Å². The molecule has 1 aromatic carbocycles. The predicted octanol–water partition coefficient (Wildman–Crippen LogP) is 1.55. The molecule has 1 aliphatic rings. The van der Waals surface area contributed by atoms with E-state index in [-0.39, 0.29) is 18.4 Å². The van der Waals surface area contributed by atoms with E-state index >= 15 is 0 Å². The maximum absolute atomic E-state index is 13.4. The van der Waals surface area contributed by atoms with Crippen LogP contribution in [0.2, 0.25) is 0 Å². The molecule has 0 saturated carbocycles. The normalized spacial score (nSPS) is 18.9. The number of hydrogen-bond donors (Lipinski definition) is 0. The molecule has 0 fully saturated rings. The third kappa shape index (κ3) is 1.79. The maximum Gasteiger partial charge on any atom is 0.312 e. The second-order valence-corrected chi connectivity index (χ2v) is 3.45. The van der Waals surface area contributed by atoms with Crippen molar-refractivity contribution < 1.29 is 18.7 Å². The summed E-state index contributed by atoms with van der Waals surface area (Å²) in [5, 5.41) is 0. The summed E-state index contributed by atoms with van der Waals surface area (Å²) in [4.78, 5) is 11.3. The zero-order valence-corrected chi connectivity index (χ0v) is 8.33. The highest BCUT2D eigenvalue weighted by Crippen LogP contribution is 2.29. The Kier molecular flexibility index (Phi) is 2.58. The molecule has 1 aliphatic heterocycles. The molecule has 1 aromatic rings. The minimum atomic E-state index is -0.403. The Morgan fingerprint density at radius 1 is 1.60 bits per heavy atom. The van der Waals surface area contributed by atoms with Gasteiger partial charge < -0.3 is 9.47 Å². The standard InChI is InChI=1S/C11H11FO3/c1-14-11(13)7-5-8-9(12)3-2-4-10(8)15-6-7/h2-4,7H,5-6H2,1H3. The number of carbonyl (C=O) groups is 1. The molecule has 0 saturated heterocycles. The summed E-state index contributed by atoms with van der Waals surface area (Å²) in [6.07, 6.45) is 0.342. The molecule has 1 unspecified atom stereocenters. The Labute approximate surface area is 86.8 Å². The first-order valence-corrected chi connectivity index (χ1v) is 4.70. The lowest BCUT2D eigenvalue weighted by Crippen LogP contribution is -2.29. The minimum Gasteiger partial charge on any atom is -0.492 e. The van der Waals surface area contributed by atoms with Crippen molar-refractivity contribution >= 4 is 5.97 Å². The molecule has 0 N–H and O–H groups in total. The van der Waals surface area contributed by atoms with Gasteiger partial charge in [-0.3, -0.25) is 4.79 Å². The second kappa shape index (κ2) is 3.88. The zero-order chi connectivity index (χ0) is 10.8. The van der Waals surface area contributed by atoms with Crippen LogP contribution >= 0.6 is 0 Å². The van der Waals surface area contributed by atoms with Gasteiger partial charge in [-0.1, -0.05) is 6.07 Å². The highest BCUT2D eigenvalue weighted by molar-refractivity contribution is 5.73. The Morgan fingerprint density at radius 3 is 3.13 bits per heavy atom. The molecular formula is C11H11FO3. The summed E-state index contributed by atoms with van der Waals surface area (Å²) in [6.45, 7) is 0.253. The summed E-state index contributed by atoms with van der Waals surface area (Å²) < 4.78 is 23.3. The summed E-state index contributed by atoms with van der Waals surface area (Å²) in [7, 11) is 1.32. The Balaban J connectivity index is 2.26. The van der Waals surface area contributed by atoms with Gasteiger partial charge in [0.15, 0.2) is 0 Å². The van der Waals surface area contributed by atoms with Crippen molar-refractivity contribution in [2.75, 3.05) is 13.7 Å². The molecule has 3 nitrogen and oxygen atoms in total. The first kappa shape index (κ1) is 9.96. The topological polar surface area (TPSA) is 35.5 Å². The van der Waals surface area contributed by atoms with Crippen molar-refractivity contribution in [3.8, 4) is 5.75 Å². The minimum absolute atomic E-state index is 0.253. The first-order chi connectivity index (χ1) is 7.22. The Morgan fingerprint density at radius 2 is 2.40 bits per heavy atom. The molecule has 4 heteroatoms. The van der Waals surface area contributed by atoms with Crippen LogP contribution in [-0.2, 0) is 16.0 Å². The van der Waals surface area contributed by atoms with Gasteiger partial charge in [0.1, 0.15) is 18.2 Å². The monoisotopic (exact) mass is 210 g/mol. The van der Waals surface area contributed by atoms with Crippen LogP contribution in [0.3, 0.4) is 0 Å². The lowest BCUT2D eigenvalue weighted by atomic mass is 9.96. The molecule has 2 rings (SSSR count). The summed E-state index contributed by atoms with van der Waals surface area (Å²) >= 11 is 0. The Hall–Kier alpha value is -1.58. The van der Waals surface area contributed by atoms with Crippen molar-refractivity contribution in [1.29, 1.82) is 0 Å². The van der Waals surface area contributed by atoms with Crippen molar-refractivity contribution in [1.82, 2.24) is 0 Å². The SMILES string of the molecule is COC(=O)C1COc2cccc(F)c2C1. The highest BCUT2D eigenvalue weighted by atomic mass is 19.1. The Bertz CT molecular complexity index is 389. The van der Waals surface area contributed by atoms with E-state index in [2.05, 4.69) is 4.74 Å². The van der Waals surface area contributed by atoms with Crippen molar-refractivity contribution in [3.05, 3.63) is 29.6 Å². The van der Waals surface area contributed by atoms with Crippen LogP contribution in [-0.4, -0.2) is 19.7 Å². The van der Waals surface area contributed by atoms with Crippen molar-refractivity contribution in [2.24, 2.45) is 5.92 Å². The summed E-state index contributed by atoms with van der Waals surface area (Å²) in [6, 6.07) is 4.65. The molecular weight excluding hydrogens is 199 g/mol. The van der Waals surface area contributed by atoms with E-state index in [1.54, 1.807) is 12.1 Å². The molecule has 1 heterocycles. The molecule has 0 bridgehead atoms. The lowest BCUT2D eigenvalue weighted by Gasteiger charge is -2.23. The zero-order valence-electron chi connectivity index (χ0n) is 8.33. The van der Waals surface area contributed by atoms with Gasteiger partial charge in [-0.05, 0) is 18.6 Å². The van der Waals surface area contributed by atoms with Crippen LogP contribution in [0.5, 0.6) is 5.75 Å². The third-order valence-electron chi connectivity index (χ3n) is 2.50. The molecule has 1 atom stereocenters. The number of fused-ring (bicyclic) bond motifs is 1. The van der Waals surface area contributed by atoms with Gasteiger partial charge in [-0.15, -0.1) is 0 Å². The van der Waals surface area contributed by atoms with Crippen LogP contribution in [0.25, 0.3) is 0 Å². The molecule has 15 heavy (non-hydrogen) atoms. The average Bonchev–Trinajstić information content (AvgIpc) is 2.28. The summed E-state index contributed by atoms with van der Waals surface area (Å²) in [5.74, 6) is -0.570. The van der Waals surface area contributed by atoms with E-state index in [4.69, 9.17) is 4.74 Å². The van der Waals surface area contributed by atoms with Gasteiger partial charge in [0.2, 0.25) is 0 Å². The molecule has 0 radical (unpaired) electrons. The number of halogens is 1. The fourth-order valence-corrected chi connectivity index (χ4v) is 1.69. The number of methoxy groups -OCH3 is 1. The van der Waals surface area contributed by atoms with E-state index < -0.39 is 5.92 Å². The van der Waals surface area contributed by atoms with Crippen LogP contribution in [0.1, 0.15) is 5.56 Å². The largest absolute Gasteiger partial charge is 0.492 e. The molecule has 0 spiro atoms. The van der Waals surface area contributed by atoms with Crippen LogP contribution in [0, 0.1) is 11.7 Å². The van der Waals surface area contributed by atoms with Crippen molar-refractivity contribution in [3.63, 3.8) is 0 Å². The molecule has 80 valence electrons. The second-order valence-electron chi connectivity index (χ2n) is 3.45. The maximum atomic E-state index is 13.4. The van der Waals surface area contributed by atoms with Gasteiger partial charge in [0.05, 0.1) is 13.0 Å². The fourth-order valence-electron chi connectivity index (χ4n) is 1.69. The van der Waals surface area contributed by atoms with Crippen LogP contribution in [0.4, 0.5) is 4.39 Å². The first-order valence-electron chi connectivity index (χ1n) is 4.70. The van der Waals surface area contributed by atoms with E-state index in [0.717, 1.165) is 0 Å². The molecule has 0 amide bonds. The van der Waals surface area contributed by atoms with Gasteiger partial charge in [0, 0.05) is 5.56 Å². The number of esters is 1. The average molecular weight is 210 g/mol. The number of benzene rings is 1. The van der Waals surface area contributed by atoms with Crippen LogP contribution in [0.15, 0.2) is 18.2 Å². The molecule has 0 aliphatic carbocycles. The fraction of sp³-hybridized carbons (Fsp3) is 0.364. The predicted molar refractivity (Wildman–Crippen MR) is 51.1 cm³/mol. The van der Waals surface area contributed by atoms with Gasteiger partial charge in [-0.2, -0.15) is 0 Å². The number of ether oxygens (including phenoxy) is 2. The quantitative estimate of drug-likeness (QED) is 0.660. The van der Waals surface area contributed by atoms with E-state index in [0.29, 0.717) is 17.7 Å². The van der Waals surface area contributed by atoms with Crippen molar-refractivity contribution in [2.45, 2.75) is 6.42 Å². The molecule has 0 aromatic heterocycles. The van der Waals surface area contributed by atoms with Gasteiger partial charge >= 0.3 is 5.97 Å². The smallest absolute Gasteiger partial charge is 0.312 e. The number of rotatable bonds is 1. The van der Waals surface area contributed by atoms with Gasteiger partial charge in [0.25, 0.3) is 0 Å². The van der Waals surface area contributed by atoms with E-state index in [1.165, 1.54) is 13.2 Å². The lowest BCUT2D eigenvalue weighted by molar-refractivity contribution is -0.146. The number of hydrogen-bond acceptors (Lipinski definition) is 3.